The topological polar surface area (TPSA) is 24.7 Å². The summed E-state index contributed by atoms with van der Waals surface area (Å²) in [6.07, 6.45) is 11.7. The molecule has 2 heteroatoms. The maximum Gasteiger partial charge on any atom is 0.0680 e. The minimum Gasteiger partial charge on any atom is -0.288 e. The number of rotatable bonds is 7. The van der Waals surface area contributed by atoms with E-state index in [-0.39, 0.29) is 0 Å². The first-order valence-corrected chi connectivity index (χ1v) is 8.97. The van der Waals surface area contributed by atoms with Gasteiger partial charge in [-0.15, -0.1) is 0 Å². The first kappa shape index (κ1) is 18.3. The van der Waals surface area contributed by atoms with Crippen LogP contribution in [0.4, 0.5) is 5.69 Å². The Morgan fingerprint density at radius 1 is 0.593 bits per heavy atom. The van der Waals surface area contributed by atoms with E-state index in [0.717, 1.165) is 16.8 Å². The van der Waals surface area contributed by atoms with Crippen molar-refractivity contribution in [3.63, 3.8) is 0 Å². The quantitative estimate of drug-likeness (QED) is 0.441. The van der Waals surface area contributed by atoms with E-state index in [2.05, 4.69) is 40.3 Å². The normalized spacial score (nSPS) is 12.0. The molecule has 0 unspecified atom stereocenters. The largest absolute Gasteiger partial charge is 0.288 e. The second kappa shape index (κ2) is 10.5. The molecule has 3 rings (SSSR count). The van der Waals surface area contributed by atoms with Crippen LogP contribution in [0.15, 0.2) is 107 Å². The van der Waals surface area contributed by atoms with Gasteiger partial charge in [-0.25, -0.2) is 0 Å². The molecule has 0 aliphatic heterocycles. The number of para-hydroxylation sites is 1. The lowest BCUT2D eigenvalue weighted by Crippen LogP contribution is -1.83. The molecule has 0 saturated carbocycles. The van der Waals surface area contributed by atoms with Gasteiger partial charge in [0.2, 0.25) is 0 Å². The summed E-state index contributed by atoms with van der Waals surface area (Å²) in [5, 5.41) is 0. The minimum atomic E-state index is 0.606. The van der Waals surface area contributed by atoms with E-state index in [1.807, 2.05) is 91.3 Å². The average Bonchev–Trinajstić information content (AvgIpc) is 2.73. The Hall–Kier alpha value is -3.52. The van der Waals surface area contributed by atoms with Crippen LogP contribution in [0.5, 0.6) is 0 Å². The maximum atomic E-state index is 4.56. The molecule has 0 heterocycles. The highest BCUT2D eigenvalue weighted by Crippen LogP contribution is 2.19. The summed E-state index contributed by atoms with van der Waals surface area (Å²) in [4.78, 5) is 9.05. The first-order valence-electron chi connectivity index (χ1n) is 8.97. The fourth-order valence-corrected chi connectivity index (χ4v) is 2.54. The van der Waals surface area contributed by atoms with E-state index in [1.54, 1.807) is 0 Å². The van der Waals surface area contributed by atoms with Crippen molar-refractivity contribution in [1.82, 2.24) is 0 Å². The van der Waals surface area contributed by atoms with Gasteiger partial charge < -0.3 is 0 Å². The van der Waals surface area contributed by atoms with Crippen LogP contribution in [0.2, 0.25) is 0 Å². The number of benzene rings is 3. The van der Waals surface area contributed by atoms with E-state index >= 15 is 0 Å². The highest BCUT2D eigenvalue weighted by atomic mass is 14.7. The van der Waals surface area contributed by atoms with Gasteiger partial charge in [0.25, 0.3) is 0 Å². The zero-order valence-electron chi connectivity index (χ0n) is 15.1. The minimum absolute atomic E-state index is 0.606. The Labute approximate surface area is 161 Å². The Kier molecular flexibility index (Phi) is 7.08. The van der Waals surface area contributed by atoms with Crippen molar-refractivity contribution in [1.29, 1.82) is 0 Å². The van der Waals surface area contributed by atoms with Crippen LogP contribution in [0.1, 0.15) is 16.7 Å². The number of aliphatic imine (C=N–C) groups is 2. The number of allylic oxidation sites excluding steroid dienone is 2. The lowest BCUT2D eigenvalue weighted by atomic mass is 10.2. The Balaban J connectivity index is 1.58. The molecule has 132 valence electrons. The van der Waals surface area contributed by atoms with Crippen LogP contribution < -0.4 is 0 Å². The molecule has 0 spiro atoms. The molecular formula is C25H22N2. The third kappa shape index (κ3) is 6.37. The van der Waals surface area contributed by atoms with Gasteiger partial charge in [-0.3, -0.25) is 9.98 Å². The molecule has 3 aromatic carbocycles. The zero-order valence-corrected chi connectivity index (χ0v) is 15.1. The van der Waals surface area contributed by atoms with Crippen LogP contribution in [0.25, 0.3) is 12.2 Å². The van der Waals surface area contributed by atoms with Gasteiger partial charge in [0, 0.05) is 12.4 Å². The smallest absolute Gasteiger partial charge is 0.0680 e. The molecule has 0 saturated heterocycles. The fraction of sp³-hybridized carbons (Fsp3) is 0.0400. The molecular weight excluding hydrogens is 328 g/mol. The summed E-state index contributed by atoms with van der Waals surface area (Å²) < 4.78 is 0. The van der Waals surface area contributed by atoms with E-state index in [4.69, 9.17) is 0 Å². The van der Waals surface area contributed by atoms with Gasteiger partial charge in [-0.1, -0.05) is 91.0 Å². The summed E-state index contributed by atoms with van der Waals surface area (Å²) in [6.45, 7) is 0.606. The number of hydrogen-bond acceptors (Lipinski definition) is 2. The second-order valence-electron chi connectivity index (χ2n) is 5.94. The summed E-state index contributed by atoms with van der Waals surface area (Å²) in [7, 11) is 0. The molecule has 0 aliphatic carbocycles. The summed E-state index contributed by atoms with van der Waals surface area (Å²) >= 11 is 0. The summed E-state index contributed by atoms with van der Waals surface area (Å²) in [6, 6.07) is 28.5. The summed E-state index contributed by atoms with van der Waals surface area (Å²) in [5.41, 5.74) is 4.37. The average molecular weight is 350 g/mol. The lowest BCUT2D eigenvalue weighted by Gasteiger charge is -2.01. The van der Waals surface area contributed by atoms with Crippen LogP contribution in [0, 0.1) is 0 Å². The fourth-order valence-electron chi connectivity index (χ4n) is 2.54. The highest BCUT2D eigenvalue weighted by molar-refractivity contribution is 5.81. The first-order chi connectivity index (χ1) is 13.4. The van der Waals surface area contributed by atoms with Crippen molar-refractivity contribution in [2.45, 2.75) is 6.54 Å². The van der Waals surface area contributed by atoms with Crippen molar-refractivity contribution in [2.24, 2.45) is 9.98 Å². The second-order valence-corrected chi connectivity index (χ2v) is 5.94. The van der Waals surface area contributed by atoms with Gasteiger partial charge >= 0.3 is 0 Å². The lowest BCUT2D eigenvalue weighted by molar-refractivity contribution is 1.08. The number of hydrogen-bond donors (Lipinski definition) is 0. The van der Waals surface area contributed by atoms with Crippen LogP contribution in [-0.2, 0) is 6.54 Å². The van der Waals surface area contributed by atoms with Crippen molar-refractivity contribution < 1.29 is 0 Å². The van der Waals surface area contributed by atoms with Gasteiger partial charge in [0.15, 0.2) is 0 Å². The predicted octanol–water partition coefficient (Wildman–Crippen LogP) is 6.39. The maximum absolute atomic E-state index is 4.56. The van der Waals surface area contributed by atoms with Crippen molar-refractivity contribution >= 4 is 30.3 Å². The zero-order chi connectivity index (χ0) is 18.6. The molecule has 0 bridgehead atoms. The van der Waals surface area contributed by atoms with Crippen molar-refractivity contribution in [2.75, 3.05) is 0 Å². The van der Waals surface area contributed by atoms with Crippen molar-refractivity contribution in [3.05, 3.63) is 114 Å². The van der Waals surface area contributed by atoms with Gasteiger partial charge in [-0.05, 0) is 34.9 Å². The van der Waals surface area contributed by atoms with E-state index in [0.29, 0.717) is 6.54 Å². The Morgan fingerprint density at radius 3 is 1.81 bits per heavy atom. The highest BCUT2D eigenvalue weighted by Gasteiger charge is 1.97. The van der Waals surface area contributed by atoms with Gasteiger partial charge in [0.05, 0.1) is 12.2 Å². The summed E-state index contributed by atoms with van der Waals surface area (Å²) in [5.74, 6) is 0. The standard InChI is InChI=1S/C25H22N2/c1-3-11-22(12-4-1)15-9-19-26-21-24-17-7-8-18-25(24)27-20-10-16-23-13-5-2-6-14-23/h1-20H,21H2/b15-9+,16-10+,26-19?,27-20?. The molecule has 0 fully saturated rings. The van der Waals surface area contributed by atoms with Crippen molar-refractivity contribution in [3.8, 4) is 0 Å². The Morgan fingerprint density at radius 2 is 1.15 bits per heavy atom. The SMILES string of the molecule is C(/C=C/c1ccccc1)=NCc1ccccc1N=C/C=C/c1ccccc1. The predicted molar refractivity (Wildman–Crippen MR) is 118 cm³/mol. The monoisotopic (exact) mass is 350 g/mol. The van der Waals surface area contributed by atoms with E-state index in [1.165, 1.54) is 5.56 Å². The van der Waals surface area contributed by atoms with E-state index < -0.39 is 0 Å². The molecule has 0 aromatic heterocycles. The van der Waals surface area contributed by atoms with Crippen LogP contribution in [0.3, 0.4) is 0 Å². The van der Waals surface area contributed by atoms with E-state index in [9.17, 15) is 0 Å². The molecule has 0 aliphatic rings. The molecule has 0 atom stereocenters. The molecule has 27 heavy (non-hydrogen) atoms. The van der Waals surface area contributed by atoms with Gasteiger partial charge in [-0.2, -0.15) is 0 Å². The van der Waals surface area contributed by atoms with Crippen LogP contribution in [-0.4, -0.2) is 12.4 Å². The molecule has 0 N–H and O–H groups in total. The third-order valence-electron chi connectivity index (χ3n) is 3.92. The molecule has 0 radical (unpaired) electrons. The number of nitrogens with zero attached hydrogens (tertiary/aromatic N) is 2. The van der Waals surface area contributed by atoms with Crippen LogP contribution >= 0.6 is 0 Å². The molecule has 2 nitrogen and oxygen atoms in total. The molecule has 0 amide bonds. The molecule has 3 aromatic rings. The van der Waals surface area contributed by atoms with Gasteiger partial charge in [0.1, 0.15) is 0 Å². The third-order valence-corrected chi connectivity index (χ3v) is 3.92. The Bertz CT molecular complexity index is 936.